The largest absolute Gasteiger partial charge is 0.441 e. The second-order valence-corrected chi connectivity index (χ2v) is 8.66. The number of oxazole rings is 1. The lowest BCUT2D eigenvalue weighted by Crippen LogP contribution is -2.47. The lowest BCUT2D eigenvalue weighted by Gasteiger charge is -2.33. The summed E-state index contributed by atoms with van der Waals surface area (Å²) in [6, 6.07) is 15.3. The molecule has 32 heavy (non-hydrogen) atoms. The molecule has 4 rings (SSSR count). The lowest BCUT2D eigenvalue weighted by molar-refractivity contribution is -0.121. The van der Waals surface area contributed by atoms with Gasteiger partial charge in [0.2, 0.25) is 11.8 Å². The molecule has 1 atom stereocenters. The summed E-state index contributed by atoms with van der Waals surface area (Å²) in [6.45, 7) is 5.19. The van der Waals surface area contributed by atoms with Crippen LogP contribution in [-0.4, -0.2) is 48.1 Å². The molecule has 1 fully saturated rings. The first-order valence-corrected chi connectivity index (χ1v) is 11.3. The van der Waals surface area contributed by atoms with Crippen LogP contribution in [0.4, 0.5) is 0 Å². The molecule has 0 bridgehead atoms. The van der Waals surface area contributed by atoms with E-state index in [1.54, 1.807) is 0 Å². The molecule has 6 nitrogen and oxygen atoms in total. The maximum Gasteiger partial charge on any atom is 0.226 e. The summed E-state index contributed by atoms with van der Waals surface area (Å²) in [5, 5.41) is 4.07. The number of hydrogen-bond donors (Lipinski definition) is 1. The Morgan fingerprint density at radius 1 is 1.19 bits per heavy atom. The number of hydrogen-bond acceptors (Lipinski definition) is 5. The van der Waals surface area contributed by atoms with Gasteiger partial charge in [0, 0.05) is 31.7 Å². The van der Waals surface area contributed by atoms with Crippen LogP contribution < -0.4 is 5.32 Å². The molecule has 1 aliphatic rings. The SMILES string of the molecule is Cc1oc(-c2ccccc2)nc1CC(=O)NC[C@H]1CN(Cc2ccc(Cl)c(Cl)c2)CCO1. The van der Waals surface area contributed by atoms with Crippen LogP contribution in [0.5, 0.6) is 0 Å². The Hall–Kier alpha value is -2.38. The first kappa shape index (κ1) is 22.8. The van der Waals surface area contributed by atoms with Crippen LogP contribution in [0, 0.1) is 6.92 Å². The van der Waals surface area contributed by atoms with Gasteiger partial charge in [0.05, 0.1) is 34.9 Å². The summed E-state index contributed by atoms with van der Waals surface area (Å²) < 4.78 is 11.6. The van der Waals surface area contributed by atoms with Gasteiger partial charge in [-0.2, -0.15) is 0 Å². The second-order valence-electron chi connectivity index (χ2n) is 7.85. The van der Waals surface area contributed by atoms with E-state index < -0.39 is 0 Å². The van der Waals surface area contributed by atoms with Crippen LogP contribution in [0.2, 0.25) is 10.0 Å². The molecule has 2 aromatic carbocycles. The maximum absolute atomic E-state index is 12.5. The molecule has 1 saturated heterocycles. The van der Waals surface area contributed by atoms with E-state index in [4.69, 9.17) is 32.4 Å². The monoisotopic (exact) mass is 473 g/mol. The van der Waals surface area contributed by atoms with Crippen LogP contribution in [-0.2, 0) is 22.5 Å². The van der Waals surface area contributed by atoms with Crippen LogP contribution in [0.25, 0.3) is 11.5 Å². The van der Waals surface area contributed by atoms with Gasteiger partial charge in [-0.3, -0.25) is 9.69 Å². The smallest absolute Gasteiger partial charge is 0.226 e. The van der Waals surface area contributed by atoms with Crippen LogP contribution in [0.15, 0.2) is 52.9 Å². The highest BCUT2D eigenvalue weighted by atomic mass is 35.5. The Balaban J connectivity index is 1.27. The zero-order valence-electron chi connectivity index (χ0n) is 17.8. The summed E-state index contributed by atoms with van der Waals surface area (Å²) in [5.74, 6) is 1.08. The number of ether oxygens (including phenoxy) is 1. The molecule has 1 aromatic heterocycles. The highest BCUT2D eigenvalue weighted by Crippen LogP contribution is 2.24. The molecule has 168 valence electrons. The number of rotatable bonds is 7. The van der Waals surface area contributed by atoms with Gasteiger partial charge in [0.15, 0.2) is 0 Å². The average Bonchev–Trinajstić information content (AvgIpc) is 3.16. The summed E-state index contributed by atoms with van der Waals surface area (Å²) in [7, 11) is 0. The zero-order valence-corrected chi connectivity index (χ0v) is 19.3. The number of carbonyl (C=O) groups excluding carboxylic acids is 1. The van der Waals surface area contributed by atoms with Gasteiger partial charge in [0.25, 0.3) is 0 Å². The summed E-state index contributed by atoms with van der Waals surface area (Å²) in [4.78, 5) is 19.3. The molecule has 0 spiro atoms. The molecule has 2 heterocycles. The van der Waals surface area contributed by atoms with Crippen molar-refractivity contribution in [2.45, 2.75) is 26.0 Å². The van der Waals surface area contributed by atoms with Crippen molar-refractivity contribution >= 4 is 29.1 Å². The van der Waals surface area contributed by atoms with Gasteiger partial charge in [-0.05, 0) is 36.8 Å². The second kappa shape index (κ2) is 10.5. The molecule has 1 amide bonds. The Morgan fingerprint density at radius 3 is 2.78 bits per heavy atom. The van der Waals surface area contributed by atoms with Crippen molar-refractivity contribution in [1.29, 1.82) is 0 Å². The number of nitrogens with zero attached hydrogens (tertiary/aromatic N) is 2. The molecule has 8 heteroatoms. The van der Waals surface area contributed by atoms with Gasteiger partial charge < -0.3 is 14.5 Å². The minimum atomic E-state index is -0.105. The zero-order chi connectivity index (χ0) is 22.5. The van der Waals surface area contributed by atoms with Crippen LogP contribution in [0.1, 0.15) is 17.0 Å². The summed E-state index contributed by atoms with van der Waals surface area (Å²) in [6.07, 6.45) is 0.0933. The third-order valence-corrected chi connectivity index (χ3v) is 6.12. The van der Waals surface area contributed by atoms with Crippen LogP contribution in [0.3, 0.4) is 0 Å². The lowest BCUT2D eigenvalue weighted by atomic mass is 10.2. The van der Waals surface area contributed by atoms with Crippen molar-refractivity contribution in [3.8, 4) is 11.5 Å². The quantitative estimate of drug-likeness (QED) is 0.546. The van der Waals surface area contributed by atoms with E-state index in [0.717, 1.165) is 30.8 Å². The standard InChI is InChI=1S/C24H25Cl2N3O3/c1-16-22(28-24(32-16)18-5-3-2-4-6-18)12-23(30)27-13-19-15-29(9-10-31-19)14-17-7-8-20(25)21(26)11-17/h2-8,11,19H,9-10,12-15H2,1H3,(H,27,30)/t19-/m0/s1. The number of benzene rings is 2. The molecular formula is C24H25Cl2N3O3. The van der Waals surface area contributed by atoms with Crippen molar-refractivity contribution in [3.05, 3.63) is 75.6 Å². The predicted octanol–water partition coefficient (Wildman–Crippen LogP) is 4.52. The number of aromatic nitrogens is 1. The van der Waals surface area contributed by atoms with E-state index in [0.29, 0.717) is 40.5 Å². The van der Waals surface area contributed by atoms with Crippen molar-refractivity contribution < 1.29 is 13.9 Å². The van der Waals surface area contributed by atoms with Crippen molar-refractivity contribution in [2.24, 2.45) is 0 Å². The first-order valence-electron chi connectivity index (χ1n) is 10.5. The fourth-order valence-electron chi connectivity index (χ4n) is 3.68. The highest BCUT2D eigenvalue weighted by molar-refractivity contribution is 6.42. The van der Waals surface area contributed by atoms with Crippen molar-refractivity contribution in [2.75, 3.05) is 26.2 Å². The summed E-state index contributed by atoms with van der Waals surface area (Å²) in [5.41, 5.74) is 2.63. The maximum atomic E-state index is 12.5. The minimum Gasteiger partial charge on any atom is -0.441 e. The van der Waals surface area contributed by atoms with E-state index in [1.807, 2.05) is 55.5 Å². The van der Waals surface area contributed by atoms with E-state index in [-0.39, 0.29) is 18.4 Å². The fraction of sp³-hybridized carbons (Fsp3) is 0.333. The van der Waals surface area contributed by atoms with Gasteiger partial charge in [-0.25, -0.2) is 4.98 Å². The molecule has 0 radical (unpaired) electrons. The van der Waals surface area contributed by atoms with Gasteiger partial charge in [-0.1, -0.05) is 47.5 Å². The van der Waals surface area contributed by atoms with Crippen molar-refractivity contribution in [1.82, 2.24) is 15.2 Å². The number of aryl methyl sites for hydroxylation is 1. The number of amides is 1. The molecule has 3 aromatic rings. The Labute approximate surface area is 197 Å². The topological polar surface area (TPSA) is 67.6 Å². The first-order chi connectivity index (χ1) is 15.5. The number of halogens is 2. The normalized spacial score (nSPS) is 16.8. The minimum absolute atomic E-state index is 0.0752. The Bertz CT molecular complexity index is 1070. The van der Waals surface area contributed by atoms with Gasteiger partial charge >= 0.3 is 0 Å². The van der Waals surface area contributed by atoms with E-state index in [2.05, 4.69) is 15.2 Å². The van der Waals surface area contributed by atoms with Gasteiger partial charge in [0.1, 0.15) is 5.76 Å². The summed E-state index contributed by atoms with van der Waals surface area (Å²) >= 11 is 12.1. The molecule has 0 aliphatic carbocycles. The van der Waals surface area contributed by atoms with Gasteiger partial charge in [-0.15, -0.1) is 0 Å². The van der Waals surface area contributed by atoms with Crippen molar-refractivity contribution in [3.63, 3.8) is 0 Å². The van der Waals surface area contributed by atoms with Crippen LogP contribution >= 0.6 is 23.2 Å². The Morgan fingerprint density at radius 2 is 2.00 bits per heavy atom. The molecular weight excluding hydrogens is 449 g/mol. The number of morpholine rings is 1. The average molecular weight is 474 g/mol. The molecule has 0 unspecified atom stereocenters. The third-order valence-electron chi connectivity index (χ3n) is 5.38. The predicted molar refractivity (Wildman–Crippen MR) is 125 cm³/mol. The highest BCUT2D eigenvalue weighted by Gasteiger charge is 2.22. The Kier molecular flexibility index (Phi) is 7.48. The molecule has 0 saturated carbocycles. The van der Waals surface area contributed by atoms with E-state index in [1.165, 1.54) is 0 Å². The number of carbonyl (C=O) groups is 1. The van der Waals surface area contributed by atoms with E-state index in [9.17, 15) is 4.79 Å². The molecule has 1 N–H and O–H groups in total. The third kappa shape index (κ3) is 5.90. The fourth-order valence-corrected chi connectivity index (χ4v) is 4.00. The molecule has 1 aliphatic heterocycles. The number of nitrogens with one attached hydrogen (secondary N) is 1. The van der Waals surface area contributed by atoms with E-state index >= 15 is 0 Å².